The predicted octanol–water partition coefficient (Wildman–Crippen LogP) is 17.6. The molecule has 0 saturated heterocycles. The maximum atomic E-state index is 13.3. The normalized spacial score (nSPS) is 14.1. The number of aliphatic hydroxyl groups is 2. The first-order chi connectivity index (χ1) is 34.0. The zero-order valence-corrected chi connectivity index (χ0v) is 44.6. The molecular weight excluding hydrogens is 851 g/mol. The Morgan fingerprint density at radius 2 is 0.870 bits per heavy atom. The Morgan fingerprint density at radius 3 is 1.36 bits per heavy atom. The molecule has 3 N–H and O–H groups in total. The predicted molar refractivity (Wildman–Crippen MR) is 300 cm³/mol. The summed E-state index contributed by atoms with van der Waals surface area (Å²) in [6.45, 7) is 6.26. The molecule has 6 heteroatoms. The lowest BCUT2D eigenvalue weighted by Crippen LogP contribution is -2.46. The minimum atomic E-state index is -0.819. The van der Waals surface area contributed by atoms with E-state index in [1.165, 1.54) is 89.9 Å². The molecular formula is C63H105NO5. The van der Waals surface area contributed by atoms with Crippen LogP contribution in [-0.2, 0) is 14.3 Å². The molecule has 3 unspecified atom stereocenters. The third-order valence-corrected chi connectivity index (χ3v) is 12.1. The van der Waals surface area contributed by atoms with Crippen LogP contribution < -0.4 is 5.32 Å². The van der Waals surface area contributed by atoms with Gasteiger partial charge in [0.15, 0.2) is 0 Å². The highest BCUT2D eigenvalue weighted by molar-refractivity contribution is 5.77. The van der Waals surface area contributed by atoms with Crippen LogP contribution in [0.25, 0.3) is 0 Å². The lowest BCUT2D eigenvalue weighted by atomic mass is 10.0. The Labute approximate surface area is 425 Å². The molecule has 69 heavy (non-hydrogen) atoms. The Hall–Kier alpha value is -3.74. The van der Waals surface area contributed by atoms with Crippen LogP contribution >= 0.6 is 0 Å². The summed E-state index contributed by atoms with van der Waals surface area (Å²) in [5, 5.41) is 23.9. The number of hydrogen-bond donors (Lipinski definition) is 3. The van der Waals surface area contributed by atoms with Gasteiger partial charge in [0, 0.05) is 6.42 Å². The number of unbranched alkanes of at least 4 members (excludes halogenated alkanes) is 21. The number of ether oxygens (including phenoxy) is 1. The first-order valence-corrected chi connectivity index (χ1v) is 28.3. The molecule has 6 nitrogen and oxygen atoms in total. The first kappa shape index (κ1) is 65.3. The number of rotatable bonds is 49. The Bertz CT molecular complexity index is 1440. The van der Waals surface area contributed by atoms with Crippen molar-refractivity contribution in [3.05, 3.63) is 122 Å². The van der Waals surface area contributed by atoms with E-state index in [1.807, 2.05) is 36.5 Å². The van der Waals surface area contributed by atoms with E-state index < -0.39 is 18.2 Å². The van der Waals surface area contributed by atoms with Gasteiger partial charge in [-0.25, -0.2) is 0 Å². The molecule has 0 aromatic carbocycles. The van der Waals surface area contributed by atoms with E-state index in [-0.39, 0.29) is 24.9 Å². The molecule has 0 aromatic rings. The molecule has 1 amide bonds. The third kappa shape index (κ3) is 50.5. The molecule has 0 fully saturated rings. The number of carbonyl (C=O) groups is 2. The van der Waals surface area contributed by atoms with E-state index in [9.17, 15) is 19.8 Å². The van der Waals surface area contributed by atoms with Crippen molar-refractivity contribution in [3.63, 3.8) is 0 Å². The second kappa shape index (κ2) is 55.2. The maximum absolute atomic E-state index is 13.3. The molecule has 0 aliphatic heterocycles. The number of aliphatic hydroxyl groups excluding tert-OH is 2. The van der Waals surface area contributed by atoms with Crippen molar-refractivity contribution in [1.29, 1.82) is 0 Å². The highest BCUT2D eigenvalue weighted by atomic mass is 16.5. The number of amides is 1. The monoisotopic (exact) mass is 956 g/mol. The summed E-state index contributed by atoms with van der Waals surface area (Å²) in [6.07, 6.45) is 76.9. The summed E-state index contributed by atoms with van der Waals surface area (Å²) >= 11 is 0. The molecule has 0 heterocycles. The molecule has 0 radical (unpaired) electrons. The lowest BCUT2D eigenvalue weighted by molar-refractivity contribution is -0.151. The first-order valence-electron chi connectivity index (χ1n) is 28.3. The van der Waals surface area contributed by atoms with E-state index >= 15 is 0 Å². The van der Waals surface area contributed by atoms with Crippen molar-refractivity contribution in [2.45, 2.75) is 257 Å². The molecule has 392 valence electrons. The zero-order valence-electron chi connectivity index (χ0n) is 44.6. The van der Waals surface area contributed by atoms with Gasteiger partial charge in [-0.05, 0) is 83.5 Å². The quantitative estimate of drug-likeness (QED) is 0.0244. The molecule has 0 aliphatic carbocycles. The summed E-state index contributed by atoms with van der Waals surface area (Å²) in [7, 11) is 0. The highest BCUT2D eigenvalue weighted by Gasteiger charge is 2.24. The number of allylic oxidation sites excluding steroid dienone is 20. The van der Waals surface area contributed by atoms with Crippen molar-refractivity contribution in [1.82, 2.24) is 5.32 Å². The number of hydrogen-bond acceptors (Lipinski definition) is 5. The Balaban J connectivity index is 4.74. The molecule has 0 aliphatic rings. The Kier molecular flexibility index (Phi) is 52.2. The van der Waals surface area contributed by atoms with Gasteiger partial charge in [0.1, 0.15) is 6.10 Å². The second-order valence-electron chi connectivity index (χ2n) is 18.7. The van der Waals surface area contributed by atoms with E-state index in [4.69, 9.17) is 4.74 Å². The van der Waals surface area contributed by atoms with Crippen LogP contribution in [0.15, 0.2) is 122 Å². The van der Waals surface area contributed by atoms with Crippen molar-refractivity contribution in [3.8, 4) is 0 Å². The van der Waals surface area contributed by atoms with E-state index in [2.05, 4.69) is 111 Å². The van der Waals surface area contributed by atoms with Gasteiger partial charge < -0.3 is 20.3 Å². The maximum Gasteiger partial charge on any atom is 0.306 e. The smallest absolute Gasteiger partial charge is 0.306 e. The minimum absolute atomic E-state index is 0.0191. The summed E-state index contributed by atoms with van der Waals surface area (Å²) in [6, 6.07) is -0.737. The topological polar surface area (TPSA) is 95.9 Å². The Morgan fingerprint density at radius 1 is 0.449 bits per heavy atom. The molecule has 0 rings (SSSR count). The molecule has 0 aromatic heterocycles. The van der Waals surface area contributed by atoms with Gasteiger partial charge >= 0.3 is 5.97 Å². The molecule has 0 spiro atoms. The average molecular weight is 957 g/mol. The van der Waals surface area contributed by atoms with Gasteiger partial charge in [0.2, 0.25) is 5.91 Å². The standard InChI is InChI=1S/C63H105NO5/c1-4-7-10-13-16-19-22-25-28-31-34-37-40-43-46-49-52-55-61(66)60(58-65)64-62(67)57-59(54-51-48-45-42-39-36-33-30-27-24-21-18-15-12-9-6-3)69-63(68)56-53-50-47-44-41-38-35-32-29-26-23-20-17-14-11-8-5-2/h8,11-12,15,17-18,20-21,24,26-27,29-30,33,35-36,38-39,44,47,59-61,65-66H,4-7,9-10,13-14,16,19,22-23,25,28,31-32,34,37,40-43,45-46,48-58H2,1-3H3,(H,64,67)/b11-8-,15-12+,20-17-,21-18+,27-24+,29-26-,33-30+,38-35-,39-36+,47-44-. The van der Waals surface area contributed by atoms with Crippen molar-refractivity contribution in [2.24, 2.45) is 0 Å². The van der Waals surface area contributed by atoms with Gasteiger partial charge in [-0.2, -0.15) is 0 Å². The van der Waals surface area contributed by atoms with Crippen LogP contribution in [-0.4, -0.2) is 46.9 Å². The second-order valence-corrected chi connectivity index (χ2v) is 18.7. The van der Waals surface area contributed by atoms with Crippen molar-refractivity contribution in [2.75, 3.05) is 6.61 Å². The van der Waals surface area contributed by atoms with Gasteiger partial charge in [-0.3, -0.25) is 9.59 Å². The van der Waals surface area contributed by atoms with Gasteiger partial charge in [-0.15, -0.1) is 0 Å². The van der Waals surface area contributed by atoms with Crippen LogP contribution in [0.5, 0.6) is 0 Å². The van der Waals surface area contributed by atoms with Crippen LogP contribution in [0.2, 0.25) is 0 Å². The van der Waals surface area contributed by atoms with Gasteiger partial charge in [-0.1, -0.05) is 264 Å². The lowest BCUT2D eigenvalue weighted by Gasteiger charge is -2.24. The molecule has 0 bridgehead atoms. The number of nitrogens with one attached hydrogen (secondary N) is 1. The van der Waals surface area contributed by atoms with Gasteiger partial charge in [0.05, 0.1) is 25.2 Å². The molecule has 3 atom stereocenters. The van der Waals surface area contributed by atoms with Crippen LogP contribution in [0.4, 0.5) is 0 Å². The van der Waals surface area contributed by atoms with Gasteiger partial charge in [0.25, 0.3) is 0 Å². The van der Waals surface area contributed by atoms with Crippen LogP contribution in [0, 0.1) is 0 Å². The number of carbonyl (C=O) groups excluding carboxylic acids is 2. The van der Waals surface area contributed by atoms with Crippen molar-refractivity contribution >= 4 is 11.9 Å². The van der Waals surface area contributed by atoms with Crippen LogP contribution in [0.1, 0.15) is 239 Å². The summed E-state index contributed by atoms with van der Waals surface area (Å²) in [4.78, 5) is 26.2. The third-order valence-electron chi connectivity index (χ3n) is 12.1. The summed E-state index contributed by atoms with van der Waals surface area (Å²) in [5.41, 5.74) is 0. The fourth-order valence-corrected chi connectivity index (χ4v) is 7.91. The van der Waals surface area contributed by atoms with Crippen LogP contribution in [0.3, 0.4) is 0 Å². The number of esters is 1. The summed E-state index contributed by atoms with van der Waals surface area (Å²) in [5.74, 6) is -0.593. The fourth-order valence-electron chi connectivity index (χ4n) is 7.91. The van der Waals surface area contributed by atoms with E-state index in [0.29, 0.717) is 25.7 Å². The minimum Gasteiger partial charge on any atom is -0.462 e. The summed E-state index contributed by atoms with van der Waals surface area (Å²) < 4.78 is 5.91. The van der Waals surface area contributed by atoms with E-state index in [0.717, 1.165) is 96.3 Å². The highest BCUT2D eigenvalue weighted by Crippen LogP contribution is 2.17. The average Bonchev–Trinajstić information content (AvgIpc) is 3.34. The SMILES string of the molecule is CC/C=C\C/C=C\C/C=C\C/C=C\C/C=C\CCCC(=O)OC(CCCCC/C=C/C=C/C=C/C=C/C=C/CCC)CC(=O)NC(CO)C(O)CCCCCCCCCCCCCCCCCCC. The molecule has 0 saturated carbocycles. The van der Waals surface area contributed by atoms with E-state index in [1.54, 1.807) is 0 Å². The van der Waals surface area contributed by atoms with Crippen molar-refractivity contribution < 1.29 is 24.5 Å². The zero-order chi connectivity index (χ0) is 50.2. The largest absolute Gasteiger partial charge is 0.462 e. The fraction of sp³-hybridized carbons (Fsp3) is 0.651.